The van der Waals surface area contributed by atoms with Gasteiger partial charge in [-0.2, -0.15) is 0 Å². The molecule has 6 nitrogen and oxygen atoms in total. The fourth-order valence-corrected chi connectivity index (χ4v) is 13.1. The largest absolute Gasteiger partial charge is 0 e. The normalized spacial score (nSPS) is 17.5. The van der Waals surface area contributed by atoms with E-state index in [2.05, 4.69) is 107 Å². The summed E-state index contributed by atoms with van der Waals surface area (Å²) >= 11 is -1.90. The van der Waals surface area contributed by atoms with E-state index in [1.807, 2.05) is 56.4 Å². The zero-order chi connectivity index (χ0) is 39.6. The Morgan fingerprint density at radius 3 is 2.33 bits per heavy atom. The van der Waals surface area contributed by atoms with Crippen molar-refractivity contribution in [3.05, 3.63) is 131 Å². The molecular formula is C50H51GeIrN5O-2. The first-order valence-corrected chi connectivity index (χ1v) is 27.9. The average molecular weight is 1000 g/mol. The van der Waals surface area contributed by atoms with Crippen LogP contribution in [0.5, 0.6) is 0 Å². The van der Waals surface area contributed by atoms with Gasteiger partial charge in [0.2, 0.25) is 0 Å². The van der Waals surface area contributed by atoms with E-state index in [1.54, 1.807) is 9.96 Å². The van der Waals surface area contributed by atoms with Gasteiger partial charge in [-0.05, 0) is 63.3 Å². The van der Waals surface area contributed by atoms with E-state index in [-0.39, 0.29) is 20.1 Å². The van der Waals surface area contributed by atoms with E-state index in [0.29, 0.717) is 5.71 Å². The second-order valence-corrected chi connectivity index (χ2v) is 28.3. The van der Waals surface area contributed by atoms with Gasteiger partial charge >= 0.3 is 149 Å². The van der Waals surface area contributed by atoms with Crippen LogP contribution >= 0.6 is 0 Å². The molecule has 0 aliphatic heterocycles. The molecule has 2 aliphatic rings. The summed E-state index contributed by atoms with van der Waals surface area (Å²) < 4.78 is 9.84. The van der Waals surface area contributed by atoms with Crippen LogP contribution in [0.25, 0.3) is 61.4 Å². The maximum Gasteiger partial charge on any atom is 0 e. The summed E-state index contributed by atoms with van der Waals surface area (Å²) in [7, 11) is 0. The minimum Gasteiger partial charge on any atom is 0 e. The maximum atomic E-state index is 5.99. The van der Waals surface area contributed by atoms with Crippen LogP contribution in [0, 0.1) is 64.5 Å². The molecule has 0 amide bonds. The number of hydrogen-bond acceptors (Lipinski definition) is 5. The number of benzene rings is 3. The van der Waals surface area contributed by atoms with Crippen LogP contribution in [-0.4, -0.2) is 37.8 Å². The zero-order valence-electron chi connectivity index (χ0n) is 34.8. The van der Waals surface area contributed by atoms with E-state index in [0.717, 1.165) is 84.9 Å². The van der Waals surface area contributed by atoms with Crippen LogP contribution in [0.3, 0.4) is 0 Å². The molecule has 2 saturated carbocycles. The van der Waals surface area contributed by atoms with Crippen LogP contribution < -0.4 is 4.40 Å². The minimum absolute atomic E-state index is 0. The SMILES string of the molecule is Cc1cc(C)c(-n2c(-c3[c-]c4c(cc3)oc3nc(C)ccc34)nc3cnc(C)cc32)c(C)c1.[CH3][Ge]([CH3])([CH3])[c]1cnc(-c2[c-]cccc2)cc1CC1CC2CCC1C2.[Ir]. The molecule has 0 N–H and O–H groups in total. The summed E-state index contributed by atoms with van der Waals surface area (Å²) in [6.07, 6.45) is 11.3. The molecule has 0 spiro atoms. The quantitative estimate of drug-likeness (QED) is 0.123. The molecule has 5 aromatic heterocycles. The van der Waals surface area contributed by atoms with Crippen molar-refractivity contribution in [3.63, 3.8) is 0 Å². The minimum atomic E-state index is -1.90. The summed E-state index contributed by atoms with van der Waals surface area (Å²) in [5.74, 6) is 11.3. The third kappa shape index (κ3) is 7.74. The van der Waals surface area contributed by atoms with Crippen molar-refractivity contribution in [2.75, 3.05) is 0 Å². The van der Waals surface area contributed by atoms with Gasteiger partial charge in [-0.15, -0.1) is 12.1 Å². The Morgan fingerprint density at radius 1 is 0.810 bits per heavy atom. The van der Waals surface area contributed by atoms with E-state index < -0.39 is 13.3 Å². The summed E-state index contributed by atoms with van der Waals surface area (Å²) in [5.41, 5.74) is 14.7. The van der Waals surface area contributed by atoms with Crippen molar-refractivity contribution in [3.8, 4) is 28.3 Å². The zero-order valence-corrected chi connectivity index (χ0v) is 39.3. The molecule has 2 fully saturated rings. The van der Waals surface area contributed by atoms with Crippen LogP contribution in [0.2, 0.25) is 17.3 Å². The number of fused-ring (bicyclic) bond motifs is 6. The first-order valence-electron chi connectivity index (χ1n) is 20.5. The van der Waals surface area contributed by atoms with Crippen molar-refractivity contribution in [1.29, 1.82) is 0 Å². The first-order chi connectivity index (χ1) is 27.4. The molecule has 0 saturated heterocycles. The molecule has 5 heterocycles. The number of nitrogens with zero attached hydrogens (tertiary/aromatic N) is 5. The van der Waals surface area contributed by atoms with Gasteiger partial charge in [0, 0.05) is 37.2 Å². The molecule has 2 aliphatic carbocycles. The van der Waals surface area contributed by atoms with Gasteiger partial charge in [0.25, 0.3) is 0 Å². The monoisotopic (exact) mass is 1000 g/mol. The Bertz CT molecular complexity index is 2780. The molecule has 58 heavy (non-hydrogen) atoms. The number of aromatic nitrogens is 5. The Kier molecular flexibility index (Phi) is 11.1. The van der Waals surface area contributed by atoms with Crippen LogP contribution in [-0.2, 0) is 26.5 Å². The van der Waals surface area contributed by atoms with Crippen molar-refractivity contribution in [2.24, 2.45) is 17.8 Å². The maximum absolute atomic E-state index is 5.99. The number of furan rings is 1. The third-order valence-electron chi connectivity index (χ3n) is 12.3. The molecule has 1 radical (unpaired) electrons. The van der Waals surface area contributed by atoms with Crippen LogP contribution in [0.15, 0.2) is 89.6 Å². The average Bonchev–Trinajstić information content (AvgIpc) is 3.97. The van der Waals surface area contributed by atoms with Crippen molar-refractivity contribution in [1.82, 2.24) is 24.5 Å². The molecular weight excluding hydrogens is 951 g/mol. The van der Waals surface area contributed by atoms with E-state index in [1.165, 1.54) is 48.8 Å². The molecule has 8 heteroatoms. The van der Waals surface area contributed by atoms with Crippen molar-refractivity contribution < 1.29 is 24.5 Å². The van der Waals surface area contributed by atoms with E-state index in [4.69, 9.17) is 14.4 Å². The van der Waals surface area contributed by atoms with Gasteiger partial charge in [-0.25, -0.2) is 4.98 Å². The van der Waals surface area contributed by atoms with Crippen LogP contribution in [0.4, 0.5) is 0 Å². The number of rotatable bonds is 6. The summed E-state index contributed by atoms with van der Waals surface area (Å²) in [6, 6.07) is 32.1. The Hall–Kier alpha value is -4.43. The molecule has 3 aromatic carbocycles. The van der Waals surface area contributed by atoms with E-state index >= 15 is 0 Å². The molecule has 10 rings (SSSR count). The number of hydrogen-bond donors (Lipinski definition) is 0. The Labute approximate surface area is 358 Å². The summed E-state index contributed by atoms with van der Waals surface area (Å²) in [5, 5.41) is 1.88. The standard InChI is InChI=1S/C28H23N4O.C22H28GeN.Ir/c1-15-10-16(2)26(17(3)11-15)32-24-12-19(5)29-14-23(24)31-27(32)20-7-9-25-22(13-20)21-8-6-18(4)30-28(21)33-25;1-23(2,3)21-15-24-22(17-7-5-4-6-8-17)14-20(21)13-19-12-16-9-10-18(19)11-16;/h6-12,14H,1-5H3;4-7,14-16,18-19H,9-13H2,1-3H3;/q2*-1;. The van der Waals surface area contributed by atoms with Gasteiger partial charge in [-0.3, -0.25) is 9.97 Å². The third-order valence-corrected chi connectivity index (χ3v) is 16.6. The molecule has 297 valence electrons. The summed E-state index contributed by atoms with van der Waals surface area (Å²) in [4.78, 5) is 18.9. The fourth-order valence-electron chi connectivity index (χ4n) is 9.76. The number of pyridine rings is 3. The topological polar surface area (TPSA) is 69.6 Å². The summed E-state index contributed by atoms with van der Waals surface area (Å²) in [6.45, 7) is 10.4. The second kappa shape index (κ2) is 16.0. The smallest absolute Gasteiger partial charge is 0 e. The second-order valence-electron chi connectivity index (χ2n) is 17.7. The van der Waals surface area contributed by atoms with Gasteiger partial charge in [0.1, 0.15) is 0 Å². The fraction of sp³-hybridized carbons (Fsp3) is 0.320. The molecule has 3 unspecified atom stereocenters. The van der Waals surface area contributed by atoms with Gasteiger partial charge < -0.3 is 8.98 Å². The first kappa shape index (κ1) is 40.4. The Balaban J connectivity index is 0.000000167. The number of aryl methyl sites for hydroxylation is 5. The van der Waals surface area contributed by atoms with E-state index in [9.17, 15) is 0 Å². The number of imidazole rings is 1. The predicted molar refractivity (Wildman–Crippen MR) is 236 cm³/mol. The predicted octanol–water partition coefficient (Wildman–Crippen LogP) is 11.8. The molecule has 3 atom stereocenters. The van der Waals surface area contributed by atoms with Gasteiger partial charge in [0.05, 0.1) is 28.6 Å². The van der Waals surface area contributed by atoms with Gasteiger partial charge in [0.15, 0.2) is 5.71 Å². The van der Waals surface area contributed by atoms with Crippen molar-refractivity contribution >= 4 is 50.8 Å². The molecule has 2 bridgehead atoms. The molecule has 8 aromatic rings. The van der Waals surface area contributed by atoms with Crippen molar-refractivity contribution in [2.45, 2.75) is 84.0 Å². The van der Waals surface area contributed by atoms with Crippen LogP contribution in [0.1, 0.15) is 59.3 Å². The van der Waals surface area contributed by atoms with Gasteiger partial charge in [-0.1, -0.05) is 40.8 Å². The Morgan fingerprint density at radius 2 is 1.62 bits per heavy atom.